The number of carbonyl (C=O) groups is 1. The molecule has 122 valence electrons. The summed E-state index contributed by atoms with van der Waals surface area (Å²) in [6.07, 6.45) is 3.28. The van der Waals surface area contributed by atoms with Crippen molar-refractivity contribution in [3.05, 3.63) is 34.4 Å². The average molecular weight is 331 g/mol. The molecular formula is C16H21N5OS. The summed E-state index contributed by atoms with van der Waals surface area (Å²) in [5, 5.41) is 10.7. The Kier molecular flexibility index (Phi) is 4.66. The fourth-order valence-electron chi connectivity index (χ4n) is 2.81. The minimum absolute atomic E-state index is 0.0208. The molecule has 6 nitrogen and oxygen atoms in total. The van der Waals surface area contributed by atoms with Crippen LogP contribution in [0.15, 0.2) is 11.2 Å². The molecule has 0 aliphatic heterocycles. The summed E-state index contributed by atoms with van der Waals surface area (Å²) in [4.78, 5) is 21.0. The monoisotopic (exact) mass is 331 g/mol. The van der Waals surface area contributed by atoms with Gasteiger partial charge in [0.1, 0.15) is 0 Å². The van der Waals surface area contributed by atoms with Crippen LogP contribution in [0.5, 0.6) is 0 Å². The summed E-state index contributed by atoms with van der Waals surface area (Å²) < 4.78 is 0. The first-order valence-corrected chi connectivity index (χ1v) is 8.72. The van der Waals surface area contributed by atoms with Gasteiger partial charge in [-0.3, -0.25) is 9.89 Å². The van der Waals surface area contributed by atoms with E-state index in [0.717, 1.165) is 29.9 Å². The van der Waals surface area contributed by atoms with E-state index < -0.39 is 0 Å². The summed E-state index contributed by atoms with van der Waals surface area (Å²) in [7, 11) is 0. The van der Waals surface area contributed by atoms with Crippen molar-refractivity contribution in [2.45, 2.75) is 57.0 Å². The standard InChI is InChI=1S/C16H21N5OS/c1-9-7-10(2)19-16(18-9)23-11(3)15(22)17-8-14-12-5-4-6-13(12)20-21-14/h7,11H,4-6,8H2,1-3H3,(H,17,22)(H,20,21)/t11-/m1/s1. The number of aromatic nitrogens is 4. The molecule has 0 unspecified atom stereocenters. The molecule has 3 rings (SSSR count). The van der Waals surface area contributed by atoms with Crippen LogP contribution in [0.25, 0.3) is 0 Å². The van der Waals surface area contributed by atoms with Gasteiger partial charge < -0.3 is 5.32 Å². The molecule has 23 heavy (non-hydrogen) atoms. The van der Waals surface area contributed by atoms with Gasteiger partial charge in [0.2, 0.25) is 5.91 Å². The maximum Gasteiger partial charge on any atom is 0.233 e. The number of hydrogen-bond acceptors (Lipinski definition) is 5. The maximum atomic E-state index is 12.3. The molecule has 1 amide bonds. The van der Waals surface area contributed by atoms with E-state index in [9.17, 15) is 4.79 Å². The molecule has 7 heteroatoms. The van der Waals surface area contributed by atoms with Crippen molar-refractivity contribution in [2.75, 3.05) is 0 Å². The van der Waals surface area contributed by atoms with E-state index in [4.69, 9.17) is 0 Å². The number of carbonyl (C=O) groups excluding carboxylic acids is 1. The lowest BCUT2D eigenvalue weighted by atomic mass is 10.2. The van der Waals surface area contributed by atoms with Crippen molar-refractivity contribution >= 4 is 17.7 Å². The van der Waals surface area contributed by atoms with Crippen LogP contribution in [-0.2, 0) is 24.2 Å². The van der Waals surface area contributed by atoms with Crippen molar-refractivity contribution in [3.63, 3.8) is 0 Å². The number of thioether (sulfide) groups is 1. The van der Waals surface area contributed by atoms with Crippen LogP contribution < -0.4 is 5.32 Å². The molecular weight excluding hydrogens is 310 g/mol. The van der Waals surface area contributed by atoms with E-state index in [-0.39, 0.29) is 11.2 Å². The Morgan fingerprint density at radius 3 is 2.83 bits per heavy atom. The van der Waals surface area contributed by atoms with Gasteiger partial charge in [-0.05, 0) is 51.7 Å². The van der Waals surface area contributed by atoms with Crippen LogP contribution in [0.2, 0.25) is 0 Å². The molecule has 2 aromatic heterocycles. The first-order valence-electron chi connectivity index (χ1n) is 7.84. The van der Waals surface area contributed by atoms with Gasteiger partial charge in [-0.25, -0.2) is 9.97 Å². The maximum absolute atomic E-state index is 12.3. The Labute approximate surface area is 139 Å². The molecule has 2 heterocycles. The number of fused-ring (bicyclic) bond motifs is 1. The molecule has 0 aromatic carbocycles. The highest BCUT2D eigenvalue weighted by Gasteiger charge is 2.20. The molecule has 1 aliphatic carbocycles. The van der Waals surface area contributed by atoms with Crippen LogP contribution in [0.4, 0.5) is 0 Å². The van der Waals surface area contributed by atoms with Gasteiger partial charge in [-0.2, -0.15) is 5.10 Å². The minimum atomic E-state index is -0.247. The molecule has 1 atom stereocenters. The summed E-state index contributed by atoms with van der Waals surface area (Å²) in [5.41, 5.74) is 5.30. The van der Waals surface area contributed by atoms with E-state index >= 15 is 0 Å². The van der Waals surface area contributed by atoms with Gasteiger partial charge in [-0.15, -0.1) is 0 Å². The Balaban J connectivity index is 1.57. The topological polar surface area (TPSA) is 83.6 Å². The highest BCUT2D eigenvalue weighted by Crippen LogP contribution is 2.23. The molecule has 0 saturated heterocycles. The number of amides is 1. The van der Waals surface area contributed by atoms with Gasteiger partial charge in [0, 0.05) is 17.1 Å². The molecule has 2 N–H and O–H groups in total. The van der Waals surface area contributed by atoms with Crippen molar-refractivity contribution in [1.82, 2.24) is 25.5 Å². The normalized spacial score (nSPS) is 14.6. The predicted molar refractivity (Wildman–Crippen MR) is 89.3 cm³/mol. The van der Waals surface area contributed by atoms with Gasteiger partial charge >= 0.3 is 0 Å². The summed E-state index contributed by atoms with van der Waals surface area (Å²) in [5.74, 6) is -0.0208. The van der Waals surface area contributed by atoms with E-state index in [2.05, 4.69) is 25.5 Å². The molecule has 0 saturated carbocycles. The largest absolute Gasteiger partial charge is 0.349 e. The number of nitrogens with one attached hydrogen (secondary N) is 2. The fraction of sp³-hybridized carbons (Fsp3) is 0.500. The zero-order valence-corrected chi connectivity index (χ0v) is 14.5. The number of H-pyrrole nitrogens is 1. The highest BCUT2D eigenvalue weighted by atomic mass is 32.2. The van der Waals surface area contributed by atoms with Crippen molar-refractivity contribution < 1.29 is 4.79 Å². The van der Waals surface area contributed by atoms with Crippen LogP contribution in [0.1, 0.15) is 41.7 Å². The van der Waals surface area contributed by atoms with Crippen molar-refractivity contribution in [2.24, 2.45) is 0 Å². The second-order valence-corrected chi connectivity index (χ2v) is 7.20. The van der Waals surface area contributed by atoms with Crippen molar-refractivity contribution in [3.8, 4) is 0 Å². The van der Waals surface area contributed by atoms with Gasteiger partial charge in [0.25, 0.3) is 0 Å². The van der Waals surface area contributed by atoms with Crippen LogP contribution in [-0.4, -0.2) is 31.3 Å². The minimum Gasteiger partial charge on any atom is -0.349 e. The van der Waals surface area contributed by atoms with E-state index in [1.807, 2.05) is 26.8 Å². The molecule has 0 fully saturated rings. The molecule has 0 bridgehead atoms. The number of rotatable bonds is 5. The molecule has 0 radical (unpaired) electrons. The second kappa shape index (κ2) is 6.70. The number of aryl methyl sites for hydroxylation is 3. The third-order valence-corrected chi connectivity index (χ3v) is 4.90. The van der Waals surface area contributed by atoms with E-state index in [0.29, 0.717) is 11.7 Å². The third kappa shape index (κ3) is 3.72. The molecule has 2 aromatic rings. The number of hydrogen-bond donors (Lipinski definition) is 2. The number of nitrogens with zero attached hydrogens (tertiary/aromatic N) is 3. The predicted octanol–water partition coefficient (Wildman–Crippen LogP) is 2.10. The van der Waals surface area contributed by atoms with E-state index in [1.165, 1.54) is 29.4 Å². The van der Waals surface area contributed by atoms with Crippen molar-refractivity contribution in [1.29, 1.82) is 0 Å². The Morgan fingerprint density at radius 1 is 1.35 bits per heavy atom. The second-order valence-electron chi connectivity index (χ2n) is 5.89. The van der Waals surface area contributed by atoms with Gasteiger partial charge in [-0.1, -0.05) is 11.8 Å². The molecule has 0 spiro atoms. The smallest absolute Gasteiger partial charge is 0.233 e. The zero-order chi connectivity index (χ0) is 16.4. The summed E-state index contributed by atoms with van der Waals surface area (Å²) >= 11 is 1.38. The average Bonchev–Trinajstić information content (AvgIpc) is 3.07. The highest BCUT2D eigenvalue weighted by molar-refractivity contribution is 8.00. The Bertz CT molecular complexity index is 707. The van der Waals surface area contributed by atoms with Crippen LogP contribution >= 0.6 is 11.8 Å². The first kappa shape index (κ1) is 16.0. The van der Waals surface area contributed by atoms with E-state index in [1.54, 1.807) is 0 Å². The van der Waals surface area contributed by atoms with Crippen LogP contribution in [0, 0.1) is 13.8 Å². The lowest BCUT2D eigenvalue weighted by Gasteiger charge is -2.11. The van der Waals surface area contributed by atoms with Crippen LogP contribution in [0.3, 0.4) is 0 Å². The zero-order valence-electron chi connectivity index (χ0n) is 13.6. The van der Waals surface area contributed by atoms with Gasteiger partial charge in [0.15, 0.2) is 5.16 Å². The molecule has 1 aliphatic rings. The quantitative estimate of drug-likeness (QED) is 0.647. The summed E-state index contributed by atoms with van der Waals surface area (Å²) in [6.45, 7) is 6.21. The number of aromatic amines is 1. The Morgan fingerprint density at radius 2 is 2.09 bits per heavy atom. The fourth-order valence-corrected chi connectivity index (χ4v) is 3.71. The lowest BCUT2D eigenvalue weighted by Crippen LogP contribution is -2.31. The Hall–Kier alpha value is -1.89. The summed E-state index contributed by atoms with van der Waals surface area (Å²) in [6, 6.07) is 1.92. The first-order chi connectivity index (χ1) is 11.0. The SMILES string of the molecule is Cc1cc(C)nc(S[C@H](C)C(=O)NCc2n[nH]c3c2CCC3)n1. The lowest BCUT2D eigenvalue weighted by molar-refractivity contribution is -0.120. The van der Waals surface area contributed by atoms with Gasteiger partial charge in [0.05, 0.1) is 17.5 Å². The third-order valence-electron chi connectivity index (χ3n) is 3.94.